The molecule has 0 bridgehead atoms. The number of aromatic nitrogens is 2. The van der Waals surface area contributed by atoms with E-state index in [0.717, 1.165) is 11.3 Å². The molecule has 19 heavy (non-hydrogen) atoms. The Balaban J connectivity index is 1.97. The lowest BCUT2D eigenvalue weighted by atomic mass is 10.1. The van der Waals surface area contributed by atoms with Crippen molar-refractivity contribution >= 4 is 9.84 Å². The first-order valence-corrected chi connectivity index (χ1v) is 7.24. The third kappa shape index (κ3) is 3.21. The molecule has 106 valence electrons. The molecule has 0 spiro atoms. The molecule has 1 aromatic heterocycles. The topological polar surface area (TPSA) is 63.2 Å². The second-order valence-electron chi connectivity index (χ2n) is 4.29. The first kappa shape index (κ1) is 14.2. The summed E-state index contributed by atoms with van der Waals surface area (Å²) < 4.78 is 58.5. The number of halogens is 3. The van der Waals surface area contributed by atoms with Crippen LogP contribution in [0.3, 0.4) is 0 Å². The molecule has 0 atom stereocenters. The monoisotopic (exact) mass is 295 g/mol. The molecule has 5 nitrogen and oxygen atoms in total. The molecule has 0 N–H and O–H groups in total. The number of nitrogens with zero attached hydrogens (tertiary/aromatic N) is 3. The van der Waals surface area contributed by atoms with Crippen molar-refractivity contribution in [2.45, 2.75) is 18.5 Å². The summed E-state index contributed by atoms with van der Waals surface area (Å²) in [5.41, 5.74) is -3.48. The minimum absolute atomic E-state index is 0.148. The average molecular weight is 295 g/mol. The number of sulfone groups is 1. The molecule has 1 aliphatic rings. The fraction of sp³-hybridized carbons (Fsp3) is 0.600. The van der Waals surface area contributed by atoms with E-state index in [1.807, 2.05) is 0 Å². The molecule has 0 saturated carbocycles. The summed E-state index contributed by atoms with van der Waals surface area (Å²) in [6, 6.07) is 0. The van der Waals surface area contributed by atoms with Gasteiger partial charge in [-0.15, -0.1) is 0 Å². The van der Waals surface area contributed by atoms with Crippen molar-refractivity contribution in [2.75, 3.05) is 18.8 Å². The Bertz CT molecular complexity index is 559. The molecule has 0 fully saturated rings. The maximum Gasteiger partial charge on any atom is 0.497 e. The summed E-state index contributed by atoms with van der Waals surface area (Å²) in [4.78, 5) is 9.56. The van der Waals surface area contributed by atoms with Gasteiger partial charge in [0.05, 0.1) is 11.4 Å². The Hall–Kier alpha value is -1.22. The summed E-state index contributed by atoms with van der Waals surface area (Å²) in [6.45, 7) is 0.713. The first-order valence-electron chi connectivity index (χ1n) is 5.59. The predicted octanol–water partition coefficient (Wildman–Crippen LogP) is 0.769. The van der Waals surface area contributed by atoms with E-state index in [9.17, 15) is 21.6 Å². The van der Waals surface area contributed by atoms with E-state index >= 15 is 0 Å². The fourth-order valence-electron chi connectivity index (χ4n) is 1.86. The van der Waals surface area contributed by atoms with Gasteiger partial charge in [-0.3, -0.25) is 4.90 Å². The Morgan fingerprint density at radius 2 is 2.11 bits per heavy atom. The van der Waals surface area contributed by atoms with Gasteiger partial charge in [-0.1, -0.05) is 0 Å². The SMILES string of the molecule is O=S(=O)(CCN1CCc2cncnc2C1)C(F)(F)F. The predicted molar refractivity (Wildman–Crippen MR) is 60.9 cm³/mol. The van der Waals surface area contributed by atoms with Gasteiger partial charge in [-0.2, -0.15) is 13.2 Å². The highest BCUT2D eigenvalue weighted by Gasteiger charge is 2.45. The zero-order chi connectivity index (χ0) is 14.1. The second kappa shape index (κ2) is 5.04. The highest BCUT2D eigenvalue weighted by Crippen LogP contribution is 2.24. The largest absolute Gasteiger partial charge is 0.497 e. The summed E-state index contributed by atoms with van der Waals surface area (Å²) in [5, 5.41) is 0. The third-order valence-corrected chi connectivity index (χ3v) is 4.41. The van der Waals surface area contributed by atoms with E-state index in [2.05, 4.69) is 9.97 Å². The van der Waals surface area contributed by atoms with E-state index in [1.54, 1.807) is 11.1 Å². The Kier molecular flexibility index (Phi) is 3.77. The lowest BCUT2D eigenvalue weighted by molar-refractivity contribution is -0.0437. The van der Waals surface area contributed by atoms with Crippen LogP contribution in [0.4, 0.5) is 13.2 Å². The summed E-state index contributed by atoms with van der Waals surface area (Å²) >= 11 is 0. The van der Waals surface area contributed by atoms with Gasteiger partial charge in [0, 0.05) is 25.8 Å². The minimum Gasteiger partial charge on any atom is -0.296 e. The molecule has 1 aromatic rings. The van der Waals surface area contributed by atoms with Gasteiger partial charge in [0.1, 0.15) is 6.33 Å². The van der Waals surface area contributed by atoms with Crippen LogP contribution in [0.2, 0.25) is 0 Å². The first-order chi connectivity index (χ1) is 8.79. The standard InChI is InChI=1S/C10H12F3N3O2S/c11-10(12,13)19(17,18)4-3-16-2-1-8-5-14-7-15-9(8)6-16/h5,7H,1-4,6H2. The van der Waals surface area contributed by atoms with Crippen molar-refractivity contribution in [3.8, 4) is 0 Å². The molecule has 9 heteroatoms. The van der Waals surface area contributed by atoms with Crippen molar-refractivity contribution in [1.29, 1.82) is 0 Å². The van der Waals surface area contributed by atoms with Gasteiger partial charge >= 0.3 is 5.51 Å². The van der Waals surface area contributed by atoms with Gasteiger partial charge in [0.2, 0.25) is 9.84 Å². The van der Waals surface area contributed by atoms with Crippen LogP contribution in [0.25, 0.3) is 0 Å². The number of fused-ring (bicyclic) bond motifs is 1. The number of rotatable bonds is 3. The summed E-state index contributed by atoms with van der Waals surface area (Å²) in [6.07, 6.45) is 3.66. The summed E-state index contributed by atoms with van der Waals surface area (Å²) in [7, 11) is -5.05. The molecule has 2 heterocycles. The molecule has 2 rings (SSSR count). The quantitative estimate of drug-likeness (QED) is 0.824. The van der Waals surface area contributed by atoms with E-state index in [-0.39, 0.29) is 6.54 Å². The van der Waals surface area contributed by atoms with Crippen LogP contribution in [0.1, 0.15) is 11.3 Å². The maximum atomic E-state index is 12.2. The minimum atomic E-state index is -5.18. The van der Waals surface area contributed by atoms with Crippen LogP contribution in [0.15, 0.2) is 12.5 Å². The lowest BCUT2D eigenvalue weighted by Gasteiger charge is -2.27. The Morgan fingerprint density at radius 3 is 2.79 bits per heavy atom. The molecule has 0 aromatic carbocycles. The average Bonchev–Trinajstić information content (AvgIpc) is 2.35. The Labute approximate surface area is 108 Å². The molecule has 0 amide bonds. The smallest absolute Gasteiger partial charge is 0.296 e. The Morgan fingerprint density at radius 1 is 1.37 bits per heavy atom. The molecule has 0 saturated heterocycles. The van der Waals surface area contributed by atoms with Crippen molar-refractivity contribution in [2.24, 2.45) is 0 Å². The van der Waals surface area contributed by atoms with Crippen LogP contribution in [0, 0.1) is 0 Å². The van der Waals surface area contributed by atoms with Gasteiger partial charge in [0.15, 0.2) is 0 Å². The van der Waals surface area contributed by atoms with Crippen LogP contribution in [0.5, 0.6) is 0 Å². The van der Waals surface area contributed by atoms with Crippen LogP contribution in [-0.2, 0) is 22.8 Å². The molecule has 1 aliphatic heterocycles. The lowest BCUT2D eigenvalue weighted by Crippen LogP contribution is -2.37. The van der Waals surface area contributed by atoms with Crippen molar-refractivity contribution in [1.82, 2.24) is 14.9 Å². The highest BCUT2D eigenvalue weighted by molar-refractivity contribution is 7.92. The zero-order valence-corrected chi connectivity index (χ0v) is 10.7. The number of hydrogen-bond donors (Lipinski definition) is 0. The normalized spacial score (nSPS) is 17.2. The molecule has 0 aliphatic carbocycles. The molecule has 0 unspecified atom stereocenters. The maximum absolute atomic E-state index is 12.2. The second-order valence-corrected chi connectivity index (χ2v) is 6.39. The third-order valence-electron chi connectivity index (χ3n) is 2.98. The van der Waals surface area contributed by atoms with Gasteiger partial charge in [-0.05, 0) is 12.0 Å². The van der Waals surface area contributed by atoms with Crippen molar-refractivity contribution in [3.63, 3.8) is 0 Å². The van der Waals surface area contributed by atoms with Crippen LogP contribution < -0.4 is 0 Å². The zero-order valence-electron chi connectivity index (χ0n) is 9.89. The van der Waals surface area contributed by atoms with E-state index in [4.69, 9.17) is 0 Å². The van der Waals surface area contributed by atoms with E-state index < -0.39 is 21.1 Å². The van der Waals surface area contributed by atoms with Crippen molar-refractivity contribution < 1.29 is 21.6 Å². The molecule has 0 radical (unpaired) electrons. The molecular formula is C10H12F3N3O2S. The van der Waals surface area contributed by atoms with Gasteiger partial charge in [0.25, 0.3) is 0 Å². The molecular weight excluding hydrogens is 283 g/mol. The van der Waals surface area contributed by atoms with Gasteiger partial charge < -0.3 is 0 Å². The van der Waals surface area contributed by atoms with Gasteiger partial charge in [-0.25, -0.2) is 18.4 Å². The van der Waals surface area contributed by atoms with E-state index in [1.165, 1.54) is 6.33 Å². The number of alkyl halides is 3. The highest BCUT2D eigenvalue weighted by atomic mass is 32.2. The van der Waals surface area contributed by atoms with Crippen LogP contribution >= 0.6 is 0 Å². The summed E-state index contributed by atoms with van der Waals surface area (Å²) in [5.74, 6) is -0.920. The van der Waals surface area contributed by atoms with Crippen molar-refractivity contribution in [3.05, 3.63) is 23.8 Å². The number of hydrogen-bond acceptors (Lipinski definition) is 5. The fourth-order valence-corrected chi connectivity index (χ4v) is 2.59. The van der Waals surface area contributed by atoms with E-state index in [0.29, 0.717) is 19.5 Å². The van der Waals surface area contributed by atoms with Crippen LogP contribution in [-0.4, -0.2) is 47.6 Å².